The summed E-state index contributed by atoms with van der Waals surface area (Å²) in [5.41, 5.74) is 3.30. The highest BCUT2D eigenvalue weighted by Crippen LogP contribution is 2.28. The number of rotatable bonds is 11. The molecule has 0 aliphatic rings. The number of ether oxygens (including phenoxy) is 3. The Morgan fingerprint density at radius 3 is 2.53 bits per heavy atom. The van der Waals surface area contributed by atoms with Crippen molar-refractivity contribution >= 4 is 34.0 Å². The van der Waals surface area contributed by atoms with E-state index in [4.69, 9.17) is 19.3 Å². The van der Waals surface area contributed by atoms with E-state index in [0.717, 1.165) is 10.9 Å². The summed E-state index contributed by atoms with van der Waals surface area (Å²) >= 11 is 3.33. The van der Waals surface area contributed by atoms with Gasteiger partial charge in [0.2, 0.25) is 0 Å². The second kappa shape index (κ2) is 11.8. The number of carboxylic acid groups (broad SMARTS) is 1. The molecule has 0 aliphatic heterocycles. The Hall–Kier alpha value is -3.07. The molecule has 2 rings (SSSR count). The Labute approximate surface area is 183 Å². The van der Waals surface area contributed by atoms with E-state index in [0.29, 0.717) is 41.6 Å². The van der Waals surface area contributed by atoms with Gasteiger partial charge in [0.1, 0.15) is 5.75 Å². The van der Waals surface area contributed by atoms with Gasteiger partial charge in [-0.15, -0.1) is 0 Å². The molecule has 8 nitrogen and oxygen atoms in total. The third-order valence-electron chi connectivity index (χ3n) is 3.66. The quantitative estimate of drug-likeness (QED) is 0.375. The number of carbonyl (C=O) groups excluding carboxylic acids is 1. The number of carboxylic acids is 1. The summed E-state index contributed by atoms with van der Waals surface area (Å²) in [5, 5.41) is 12.7. The third-order valence-corrected chi connectivity index (χ3v) is 4.15. The number of hydrogen-bond donors (Lipinski definition) is 2. The fraction of sp³-hybridized carbons (Fsp3) is 0.286. The normalized spacial score (nSPS) is 10.6. The number of aliphatic carboxylic acids is 1. The summed E-state index contributed by atoms with van der Waals surface area (Å²) in [7, 11) is 0. The second-order valence-electron chi connectivity index (χ2n) is 6.01. The molecule has 30 heavy (non-hydrogen) atoms. The minimum Gasteiger partial charge on any atom is -0.490 e. The first-order valence-corrected chi connectivity index (χ1v) is 10.1. The molecule has 2 aromatic carbocycles. The van der Waals surface area contributed by atoms with Gasteiger partial charge in [-0.05, 0) is 49.7 Å². The van der Waals surface area contributed by atoms with E-state index >= 15 is 0 Å². The molecule has 0 saturated carbocycles. The van der Waals surface area contributed by atoms with Crippen molar-refractivity contribution in [3.05, 3.63) is 52.0 Å². The maximum Gasteiger partial charge on any atom is 0.341 e. The van der Waals surface area contributed by atoms with Crippen LogP contribution in [0.15, 0.2) is 46.0 Å². The minimum atomic E-state index is -1.09. The molecule has 0 fully saturated rings. The van der Waals surface area contributed by atoms with E-state index in [2.05, 4.69) is 26.5 Å². The van der Waals surface area contributed by atoms with Gasteiger partial charge in [0, 0.05) is 15.6 Å². The zero-order valence-electron chi connectivity index (χ0n) is 16.7. The number of halogens is 1. The van der Waals surface area contributed by atoms with Gasteiger partial charge in [-0.3, -0.25) is 4.79 Å². The van der Waals surface area contributed by atoms with Gasteiger partial charge in [0.15, 0.2) is 18.1 Å². The predicted octanol–water partition coefficient (Wildman–Crippen LogP) is 3.86. The lowest BCUT2D eigenvalue weighted by molar-refractivity contribution is -0.139. The first-order valence-electron chi connectivity index (χ1n) is 9.31. The number of benzene rings is 2. The van der Waals surface area contributed by atoms with E-state index in [9.17, 15) is 9.59 Å². The molecule has 0 bridgehead atoms. The Morgan fingerprint density at radius 2 is 1.83 bits per heavy atom. The maximum atomic E-state index is 12.4. The molecule has 2 N–H and O–H groups in total. The molecule has 2 aromatic rings. The lowest BCUT2D eigenvalue weighted by Gasteiger charge is -2.12. The van der Waals surface area contributed by atoms with Crippen molar-refractivity contribution in [2.75, 3.05) is 19.8 Å². The Kier molecular flexibility index (Phi) is 9.14. The van der Waals surface area contributed by atoms with Gasteiger partial charge in [0.25, 0.3) is 5.91 Å². The fourth-order valence-corrected chi connectivity index (χ4v) is 2.74. The molecule has 0 atom stereocenters. The number of amides is 1. The molecule has 0 spiro atoms. The Bertz CT molecular complexity index is 916. The average molecular weight is 479 g/mol. The van der Waals surface area contributed by atoms with Crippen molar-refractivity contribution < 1.29 is 28.9 Å². The molecule has 0 aliphatic carbocycles. The highest BCUT2D eigenvalue weighted by atomic mass is 79.9. The van der Waals surface area contributed by atoms with Crippen LogP contribution in [0.4, 0.5) is 0 Å². The van der Waals surface area contributed by atoms with E-state index in [1.165, 1.54) is 6.21 Å². The Morgan fingerprint density at radius 1 is 1.07 bits per heavy atom. The van der Waals surface area contributed by atoms with E-state index in [-0.39, 0.29) is 0 Å². The fourth-order valence-electron chi connectivity index (χ4n) is 2.37. The van der Waals surface area contributed by atoms with Crippen molar-refractivity contribution in [1.29, 1.82) is 0 Å². The van der Waals surface area contributed by atoms with Crippen LogP contribution in [0.25, 0.3) is 0 Å². The van der Waals surface area contributed by atoms with Crippen molar-refractivity contribution in [2.45, 2.75) is 20.3 Å². The molecule has 0 unspecified atom stereocenters. The highest BCUT2D eigenvalue weighted by molar-refractivity contribution is 9.10. The van der Waals surface area contributed by atoms with Crippen molar-refractivity contribution in [2.24, 2.45) is 5.10 Å². The molecule has 1 amide bonds. The zero-order valence-corrected chi connectivity index (χ0v) is 18.3. The molecular weight excluding hydrogens is 456 g/mol. The van der Waals surface area contributed by atoms with Crippen LogP contribution >= 0.6 is 15.9 Å². The topological polar surface area (TPSA) is 106 Å². The van der Waals surface area contributed by atoms with Crippen LogP contribution in [0.1, 0.15) is 36.2 Å². The van der Waals surface area contributed by atoms with Gasteiger partial charge in [-0.25, -0.2) is 10.2 Å². The summed E-state index contributed by atoms with van der Waals surface area (Å²) in [6, 6.07) is 9.92. The molecule has 0 aromatic heterocycles. The average Bonchev–Trinajstić information content (AvgIpc) is 2.72. The van der Waals surface area contributed by atoms with Crippen LogP contribution in [-0.4, -0.2) is 43.0 Å². The highest BCUT2D eigenvalue weighted by Gasteiger charge is 2.11. The van der Waals surface area contributed by atoms with Crippen LogP contribution in [0, 0.1) is 0 Å². The SMILES string of the molecule is CCCOc1ccc(C(=O)N/N=C/c2cc(Br)ccc2OCC(=O)O)cc1OCC. The van der Waals surface area contributed by atoms with Crippen LogP contribution in [0.2, 0.25) is 0 Å². The van der Waals surface area contributed by atoms with Crippen LogP contribution in [-0.2, 0) is 4.79 Å². The molecule has 0 saturated heterocycles. The van der Waals surface area contributed by atoms with Gasteiger partial charge >= 0.3 is 5.97 Å². The maximum absolute atomic E-state index is 12.4. The van der Waals surface area contributed by atoms with Gasteiger partial charge in [-0.2, -0.15) is 5.10 Å². The minimum absolute atomic E-state index is 0.328. The zero-order chi connectivity index (χ0) is 21.9. The number of hydrazone groups is 1. The second-order valence-corrected chi connectivity index (χ2v) is 6.92. The van der Waals surface area contributed by atoms with Crippen LogP contribution in [0.5, 0.6) is 17.2 Å². The van der Waals surface area contributed by atoms with E-state index < -0.39 is 18.5 Å². The smallest absolute Gasteiger partial charge is 0.341 e. The third kappa shape index (κ3) is 7.07. The lowest BCUT2D eigenvalue weighted by atomic mass is 10.2. The monoisotopic (exact) mass is 478 g/mol. The molecule has 0 heterocycles. The predicted molar refractivity (Wildman–Crippen MR) is 116 cm³/mol. The largest absolute Gasteiger partial charge is 0.490 e. The summed E-state index contributed by atoms with van der Waals surface area (Å²) in [6.45, 7) is 4.36. The van der Waals surface area contributed by atoms with Crippen LogP contribution < -0.4 is 19.6 Å². The summed E-state index contributed by atoms with van der Waals surface area (Å²) in [4.78, 5) is 23.2. The number of hydrogen-bond acceptors (Lipinski definition) is 6. The van der Waals surface area contributed by atoms with E-state index in [1.54, 1.807) is 36.4 Å². The van der Waals surface area contributed by atoms with Gasteiger partial charge in [-0.1, -0.05) is 22.9 Å². The standard InChI is InChI=1S/C21H23BrN2O6/c1-3-9-29-18-7-5-14(11-19(18)28-4-2)21(27)24-23-12-15-10-16(22)6-8-17(15)30-13-20(25)26/h5-8,10-12H,3-4,9,13H2,1-2H3,(H,24,27)(H,25,26)/b23-12+. The molecule has 0 radical (unpaired) electrons. The molecule has 160 valence electrons. The Balaban J connectivity index is 2.11. The number of carbonyl (C=O) groups is 2. The molecule has 9 heteroatoms. The number of nitrogens with one attached hydrogen (secondary N) is 1. The van der Waals surface area contributed by atoms with Gasteiger partial charge < -0.3 is 19.3 Å². The first kappa shape index (κ1) is 23.2. The van der Waals surface area contributed by atoms with Gasteiger partial charge in [0.05, 0.1) is 19.4 Å². The summed E-state index contributed by atoms with van der Waals surface area (Å²) in [5.74, 6) is -0.135. The summed E-state index contributed by atoms with van der Waals surface area (Å²) < 4.78 is 17.2. The number of nitrogens with zero attached hydrogens (tertiary/aromatic N) is 1. The van der Waals surface area contributed by atoms with E-state index in [1.807, 2.05) is 13.8 Å². The van der Waals surface area contributed by atoms with Crippen LogP contribution in [0.3, 0.4) is 0 Å². The van der Waals surface area contributed by atoms with Crippen molar-refractivity contribution in [3.63, 3.8) is 0 Å². The van der Waals surface area contributed by atoms with Crippen molar-refractivity contribution in [1.82, 2.24) is 5.43 Å². The van der Waals surface area contributed by atoms with Crippen molar-refractivity contribution in [3.8, 4) is 17.2 Å². The summed E-state index contributed by atoms with van der Waals surface area (Å²) in [6.07, 6.45) is 2.23. The first-order chi connectivity index (χ1) is 14.4. The lowest BCUT2D eigenvalue weighted by Crippen LogP contribution is -2.18. The molecular formula is C21H23BrN2O6.